The van der Waals surface area contributed by atoms with Gasteiger partial charge in [0.2, 0.25) is 0 Å². The minimum atomic E-state index is 0.732. The summed E-state index contributed by atoms with van der Waals surface area (Å²) in [6.07, 6.45) is 5.67. The molecular weight excluding hydrogens is 136 g/mol. The first-order valence-electron chi connectivity index (χ1n) is 4.19. The van der Waals surface area contributed by atoms with Gasteiger partial charge in [0.1, 0.15) is 0 Å². The van der Waals surface area contributed by atoms with E-state index in [-0.39, 0.29) is 0 Å². The van der Waals surface area contributed by atoms with Crippen molar-refractivity contribution in [1.29, 1.82) is 5.41 Å². The molecular formula is C9H19N2+. The Morgan fingerprint density at radius 2 is 2.18 bits per heavy atom. The number of nitrogens with one attached hydrogen (secondary N) is 1. The molecule has 0 atom stereocenters. The van der Waals surface area contributed by atoms with Gasteiger partial charge in [-0.25, -0.2) is 0 Å². The number of allylic oxidation sites excluding steroid dienone is 1. The Balaban J connectivity index is 3.70. The molecule has 0 bridgehead atoms. The van der Waals surface area contributed by atoms with Crippen LogP contribution in [0.2, 0.25) is 0 Å². The maximum absolute atomic E-state index is 7.09. The van der Waals surface area contributed by atoms with Crippen molar-refractivity contribution in [2.45, 2.75) is 26.7 Å². The molecule has 0 aliphatic carbocycles. The average molecular weight is 155 g/mol. The van der Waals surface area contributed by atoms with Crippen LogP contribution in [-0.4, -0.2) is 13.3 Å². The smallest absolute Gasteiger partial charge is 0.0971 e. The van der Waals surface area contributed by atoms with Gasteiger partial charge in [-0.05, 0) is 18.8 Å². The predicted octanol–water partition coefficient (Wildman–Crippen LogP) is 1.15. The van der Waals surface area contributed by atoms with Gasteiger partial charge in [-0.1, -0.05) is 13.8 Å². The van der Waals surface area contributed by atoms with E-state index in [1.165, 1.54) is 12.6 Å². The summed E-state index contributed by atoms with van der Waals surface area (Å²) >= 11 is 0. The summed E-state index contributed by atoms with van der Waals surface area (Å²) in [5.41, 5.74) is 1.13. The van der Waals surface area contributed by atoms with Gasteiger partial charge in [-0.15, -0.1) is 0 Å². The molecule has 11 heavy (non-hydrogen) atoms. The first kappa shape index (κ1) is 10.4. The van der Waals surface area contributed by atoms with Crippen LogP contribution >= 0.6 is 0 Å². The minimum absolute atomic E-state index is 0.732. The number of hydrogen-bond donors (Lipinski definition) is 2. The number of quaternary nitrogens is 1. The van der Waals surface area contributed by atoms with E-state index in [0.717, 1.165) is 17.9 Å². The summed E-state index contributed by atoms with van der Waals surface area (Å²) in [5, 5.41) is 9.08. The largest absolute Gasteiger partial charge is 0.322 e. The fraction of sp³-hybridized carbons (Fsp3) is 0.667. The van der Waals surface area contributed by atoms with Crippen LogP contribution in [0.15, 0.2) is 11.8 Å². The third kappa shape index (κ3) is 5.80. The molecule has 0 aliphatic rings. The zero-order valence-corrected chi connectivity index (χ0v) is 7.72. The number of nitrogens with two attached hydrogens (primary N) is 1. The van der Waals surface area contributed by atoms with Crippen molar-refractivity contribution in [2.24, 2.45) is 5.92 Å². The van der Waals surface area contributed by atoms with Crippen LogP contribution in [0.1, 0.15) is 26.7 Å². The second-order valence-electron chi connectivity index (χ2n) is 3.15. The molecule has 0 aromatic heterocycles. The highest BCUT2D eigenvalue weighted by atomic mass is 14.8. The average Bonchev–Trinajstić information content (AvgIpc) is 1.97. The molecule has 64 valence electrons. The molecule has 2 nitrogen and oxygen atoms in total. The van der Waals surface area contributed by atoms with E-state index >= 15 is 0 Å². The van der Waals surface area contributed by atoms with Crippen molar-refractivity contribution in [3.63, 3.8) is 0 Å². The van der Waals surface area contributed by atoms with Crippen LogP contribution in [0.5, 0.6) is 0 Å². The van der Waals surface area contributed by atoms with Crippen molar-refractivity contribution in [3.8, 4) is 0 Å². The topological polar surface area (TPSA) is 40.5 Å². The molecule has 0 aliphatic heterocycles. The molecule has 0 rings (SSSR count). The molecule has 0 amide bonds. The number of rotatable bonds is 5. The van der Waals surface area contributed by atoms with Crippen LogP contribution in [0.4, 0.5) is 0 Å². The molecule has 2 heteroatoms. The van der Waals surface area contributed by atoms with Crippen molar-refractivity contribution >= 4 is 6.21 Å². The fourth-order valence-corrected chi connectivity index (χ4v) is 0.873. The van der Waals surface area contributed by atoms with Crippen molar-refractivity contribution < 1.29 is 5.32 Å². The van der Waals surface area contributed by atoms with Gasteiger partial charge in [-0.2, -0.15) is 0 Å². The van der Waals surface area contributed by atoms with E-state index in [4.69, 9.17) is 5.41 Å². The van der Waals surface area contributed by atoms with E-state index in [1.54, 1.807) is 0 Å². The molecule has 0 fully saturated rings. The third-order valence-corrected chi connectivity index (χ3v) is 1.58. The molecule has 0 saturated carbocycles. The highest BCUT2D eigenvalue weighted by Gasteiger charge is 1.97. The van der Waals surface area contributed by atoms with Gasteiger partial charge >= 0.3 is 0 Å². The molecule has 0 heterocycles. The summed E-state index contributed by atoms with van der Waals surface area (Å²) in [6.45, 7) is 4.41. The third-order valence-electron chi connectivity index (χ3n) is 1.58. The Hall–Kier alpha value is -0.630. The van der Waals surface area contributed by atoms with Gasteiger partial charge in [0.05, 0.1) is 13.2 Å². The molecule has 0 unspecified atom stereocenters. The van der Waals surface area contributed by atoms with Gasteiger partial charge in [-0.3, -0.25) is 0 Å². The summed E-state index contributed by atoms with van der Waals surface area (Å²) < 4.78 is 0. The second kappa shape index (κ2) is 6.10. The standard InChI is InChI=1S/C9H18N2/c1-8(2)4-5-9(6-10)7-11-3/h6-8,10-11H,4-5H2,1-3H3/p+1. The lowest BCUT2D eigenvalue weighted by Crippen LogP contribution is -2.73. The summed E-state index contributed by atoms with van der Waals surface area (Å²) in [5.74, 6) is 0.732. The lowest BCUT2D eigenvalue weighted by atomic mass is 10.0. The maximum atomic E-state index is 7.09. The zero-order chi connectivity index (χ0) is 8.69. The fourth-order valence-electron chi connectivity index (χ4n) is 0.873. The summed E-state index contributed by atoms with van der Waals surface area (Å²) in [7, 11) is 1.98. The molecule has 0 spiro atoms. The lowest BCUT2D eigenvalue weighted by molar-refractivity contribution is -0.557. The highest BCUT2D eigenvalue weighted by Crippen LogP contribution is 2.08. The monoisotopic (exact) mass is 155 g/mol. The van der Waals surface area contributed by atoms with Gasteiger partial charge in [0, 0.05) is 11.8 Å². The summed E-state index contributed by atoms with van der Waals surface area (Å²) in [6, 6.07) is 0. The zero-order valence-electron chi connectivity index (χ0n) is 7.72. The van der Waals surface area contributed by atoms with Crippen molar-refractivity contribution in [3.05, 3.63) is 11.8 Å². The minimum Gasteiger partial charge on any atom is -0.322 e. The van der Waals surface area contributed by atoms with Crippen LogP contribution in [0.3, 0.4) is 0 Å². The first-order valence-corrected chi connectivity index (χ1v) is 4.19. The first-order chi connectivity index (χ1) is 5.20. The van der Waals surface area contributed by atoms with E-state index in [2.05, 4.69) is 13.8 Å². The van der Waals surface area contributed by atoms with Crippen molar-refractivity contribution in [2.75, 3.05) is 7.05 Å². The van der Waals surface area contributed by atoms with Crippen molar-refractivity contribution in [1.82, 2.24) is 0 Å². The van der Waals surface area contributed by atoms with Gasteiger partial charge in [0.25, 0.3) is 0 Å². The van der Waals surface area contributed by atoms with E-state index in [0.29, 0.717) is 0 Å². The Morgan fingerprint density at radius 1 is 1.55 bits per heavy atom. The molecule has 0 saturated heterocycles. The highest BCUT2D eigenvalue weighted by molar-refractivity contribution is 5.74. The molecule has 3 N–H and O–H groups in total. The van der Waals surface area contributed by atoms with Crippen LogP contribution in [0, 0.1) is 11.3 Å². The maximum Gasteiger partial charge on any atom is 0.0971 e. The quantitative estimate of drug-likeness (QED) is 0.559. The Kier molecular flexibility index (Phi) is 5.75. The van der Waals surface area contributed by atoms with E-state index < -0.39 is 0 Å². The molecule has 0 radical (unpaired) electrons. The molecule has 0 aromatic carbocycles. The predicted molar refractivity (Wildman–Crippen MR) is 48.8 cm³/mol. The normalized spacial score (nSPS) is 12.2. The Labute approximate surface area is 69.2 Å². The number of hydrogen-bond acceptors (Lipinski definition) is 1. The summed E-state index contributed by atoms with van der Waals surface area (Å²) in [4.78, 5) is 0. The Bertz CT molecular complexity index is 136. The Morgan fingerprint density at radius 3 is 2.55 bits per heavy atom. The SMILES string of the molecule is C[NH2+]C=C(C=N)CCC(C)C. The van der Waals surface area contributed by atoms with Crippen LogP contribution in [0.25, 0.3) is 0 Å². The van der Waals surface area contributed by atoms with E-state index in [1.807, 2.05) is 18.6 Å². The van der Waals surface area contributed by atoms with E-state index in [9.17, 15) is 0 Å². The second-order valence-corrected chi connectivity index (χ2v) is 3.15. The molecule has 0 aromatic rings. The lowest BCUT2D eigenvalue weighted by Gasteiger charge is -2.02. The van der Waals surface area contributed by atoms with Gasteiger partial charge in [0.15, 0.2) is 0 Å². The van der Waals surface area contributed by atoms with Crippen LogP contribution in [-0.2, 0) is 0 Å². The van der Waals surface area contributed by atoms with Crippen LogP contribution < -0.4 is 5.32 Å². The van der Waals surface area contributed by atoms with Gasteiger partial charge < -0.3 is 10.7 Å².